The molecule has 150 valence electrons. The number of para-hydroxylation sites is 1. The van der Waals surface area contributed by atoms with Gasteiger partial charge in [-0.3, -0.25) is 14.5 Å². The van der Waals surface area contributed by atoms with Crippen molar-refractivity contribution in [2.45, 2.75) is 51.4 Å². The average Bonchev–Trinajstić information content (AvgIpc) is 2.68. The van der Waals surface area contributed by atoms with E-state index in [1.165, 1.54) is 19.3 Å². The fraction of sp³-hybridized carbons (Fsp3) is 0.667. The highest BCUT2D eigenvalue weighted by atomic mass is 16.2. The number of anilines is 1. The molecule has 1 aliphatic heterocycles. The van der Waals surface area contributed by atoms with Gasteiger partial charge < -0.3 is 5.32 Å². The van der Waals surface area contributed by atoms with Crippen LogP contribution >= 0.6 is 0 Å². The number of piperidine rings is 1. The number of nitrogens with one attached hydrogen (secondary N) is 1. The molecular weight excluding hydrogens is 348 g/mol. The largest absolute Gasteiger partial charge is 0.326 e. The first-order valence-corrected chi connectivity index (χ1v) is 11.2. The van der Waals surface area contributed by atoms with E-state index in [4.69, 9.17) is 0 Å². The average molecular weight is 381 g/mol. The second-order valence-electron chi connectivity index (χ2n) is 10.1. The van der Waals surface area contributed by atoms with Crippen molar-refractivity contribution in [3.05, 3.63) is 30.3 Å². The van der Waals surface area contributed by atoms with E-state index in [1.807, 2.05) is 30.3 Å². The zero-order valence-corrected chi connectivity index (χ0v) is 16.7. The molecule has 1 aromatic rings. The van der Waals surface area contributed by atoms with Crippen LogP contribution in [0.3, 0.4) is 0 Å². The Morgan fingerprint density at radius 3 is 2.29 bits per heavy atom. The third-order valence-electron chi connectivity index (χ3n) is 7.91. The molecule has 0 aromatic heterocycles. The van der Waals surface area contributed by atoms with E-state index in [-0.39, 0.29) is 17.2 Å². The summed E-state index contributed by atoms with van der Waals surface area (Å²) in [5, 5.41) is 3.04. The summed E-state index contributed by atoms with van der Waals surface area (Å²) in [5.74, 6) is 2.98. The number of carbonyl (C=O) groups excluding carboxylic acids is 2. The van der Waals surface area contributed by atoms with Gasteiger partial charge in [0.1, 0.15) is 0 Å². The Morgan fingerprint density at radius 1 is 1.00 bits per heavy atom. The standard InChI is InChI=1S/C24H32N2O2/c27-22(24-12-17-9-18(13-24)11-19(10-17)14-24)16-26-8-4-5-20(15-26)23(28)25-21-6-2-1-3-7-21/h1-3,6-7,17-20H,4-5,8-16H2,(H,25,28)/t17?,18?,19?,20-,24?/m0/s1. The number of hydrogen-bond donors (Lipinski definition) is 1. The lowest BCUT2D eigenvalue weighted by atomic mass is 9.48. The van der Waals surface area contributed by atoms with E-state index in [0.29, 0.717) is 12.3 Å². The van der Waals surface area contributed by atoms with E-state index in [9.17, 15) is 9.59 Å². The first-order valence-electron chi connectivity index (χ1n) is 11.2. The van der Waals surface area contributed by atoms with Crippen LogP contribution in [-0.4, -0.2) is 36.2 Å². The molecule has 4 heteroatoms. The van der Waals surface area contributed by atoms with E-state index in [2.05, 4.69) is 10.2 Å². The van der Waals surface area contributed by atoms with E-state index < -0.39 is 0 Å². The number of likely N-dealkylation sites (tertiary alicyclic amines) is 1. The molecule has 28 heavy (non-hydrogen) atoms. The number of rotatable bonds is 5. The molecule has 1 amide bonds. The van der Waals surface area contributed by atoms with Crippen molar-refractivity contribution in [1.29, 1.82) is 0 Å². The molecule has 1 aromatic carbocycles. The number of Topliss-reactive ketones (excluding diaryl/α,β-unsaturated/α-hetero) is 1. The first-order chi connectivity index (χ1) is 13.6. The minimum atomic E-state index is -0.0198. The minimum Gasteiger partial charge on any atom is -0.326 e. The first kappa shape index (κ1) is 18.4. The maximum absolute atomic E-state index is 13.4. The maximum atomic E-state index is 13.4. The topological polar surface area (TPSA) is 49.4 Å². The van der Waals surface area contributed by atoms with Crippen molar-refractivity contribution in [2.75, 3.05) is 25.0 Å². The summed E-state index contributed by atoms with van der Waals surface area (Å²) in [6.07, 6.45) is 9.46. The van der Waals surface area contributed by atoms with Crippen LogP contribution in [0.5, 0.6) is 0 Å². The van der Waals surface area contributed by atoms with Crippen molar-refractivity contribution in [1.82, 2.24) is 4.90 Å². The summed E-state index contributed by atoms with van der Waals surface area (Å²) < 4.78 is 0. The predicted octanol–water partition coefficient (Wildman–Crippen LogP) is 4.12. The Morgan fingerprint density at radius 2 is 1.64 bits per heavy atom. The molecular formula is C24H32N2O2. The number of hydrogen-bond acceptors (Lipinski definition) is 3. The molecule has 0 spiro atoms. The summed E-state index contributed by atoms with van der Waals surface area (Å²) in [5.41, 5.74) is 0.836. The predicted molar refractivity (Wildman–Crippen MR) is 110 cm³/mol. The van der Waals surface area contributed by atoms with Crippen LogP contribution < -0.4 is 5.32 Å². The van der Waals surface area contributed by atoms with Crippen LogP contribution in [0.2, 0.25) is 0 Å². The molecule has 4 bridgehead atoms. The summed E-state index contributed by atoms with van der Waals surface area (Å²) >= 11 is 0. The molecule has 1 saturated heterocycles. The lowest BCUT2D eigenvalue weighted by molar-refractivity contribution is -0.145. The van der Waals surface area contributed by atoms with Crippen molar-refractivity contribution in [3.8, 4) is 0 Å². The lowest BCUT2D eigenvalue weighted by Gasteiger charge is -2.56. The van der Waals surface area contributed by atoms with E-state index in [1.54, 1.807) is 0 Å². The summed E-state index contributed by atoms with van der Waals surface area (Å²) in [7, 11) is 0. The van der Waals surface area contributed by atoms with Gasteiger partial charge in [0, 0.05) is 17.6 Å². The van der Waals surface area contributed by atoms with Gasteiger partial charge >= 0.3 is 0 Å². The second-order valence-corrected chi connectivity index (χ2v) is 10.1. The number of carbonyl (C=O) groups is 2. The number of benzene rings is 1. The Kier molecular flexibility index (Phi) is 4.78. The molecule has 0 unspecified atom stereocenters. The fourth-order valence-corrected chi connectivity index (χ4v) is 7.00. The molecule has 5 fully saturated rings. The number of nitrogens with zero attached hydrogens (tertiary/aromatic N) is 1. The molecule has 4 nitrogen and oxygen atoms in total. The zero-order valence-electron chi connectivity index (χ0n) is 16.7. The van der Waals surface area contributed by atoms with Gasteiger partial charge in [-0.2, -0.15) is 0 Å². The van der Waals surface area contributed by atoms with Gasteiger partial charge in [0.15, 0.2) is 5.78 Å². The summed E-state index contributed by atoms with van der Waals surface area (Å²) in [4.78, 5) is 28.4. The third kappa shape index (κ3) is 3.52. The quantitative estimate of drug-likeness (QED) is 0.836. The van der Waals surface area contributed by atoms with Gasteiger partial charge in [0.2, 0.25) is 5.91 Å². The number of amides is 1. The molecule has 1 heterocycles. The van der Waals surface area contributed by atoms with E-state index >= 15 is 0 Å². The van der Waals surface area contributed by atoms with Crippen LogP contribution in [0.4, 0.5) is 5.69 Å². The molecule has 4 aliphatic carbocycles. The van der Waals surface area contributed by atoms with Gasteiger partial charge in [-0.05, 0) is 87.8 Å². The molecule has 0 radical (unpaired) electrons. The normalized spacial score (nSPS) is 37.0. The second kappa shape index (κ2) is 7.29. The zero-order chi connectivity index (χ0) is 19.1. The minimum absolute atomic E-state index is 0.0156. The van der Waals surface area contributed by atoms with E-state index in [0.717, 1.165) is 68.6 Å². The Bertz CT molecular complexity index is 709. The smallest absolute Gasteiger partial charge is 0.228 e. The van der Waals surface area contributed by atoms with Crippen molar-refractivity contribution >= 4 is 17.4 Å². The number of ketones is 1. The highest BCUT2D eigenvalue weighted by Crippen LogP contribution is 2.60. The molecule has 6 rings (SSSR count). The van der Waals surface area contributed by atoms with Gasteiger partial charge in [0.25, 0.3) is 0 Å². The fourth-order valence-electron chi connectivity index (χ4n) is 7.00. The van der Waals surface area contributed by atoms with Crippen LogP contribution in [0.15, 0.2) is 30.3 Å². The lowest BCUT2D eigenvalue weighted by Crippen LogP contribution is -2.53. The monoisotopic (exact) mass is 380 g/mol. The molecule has 4 saturated carbocycles. The highest BCUT2D eigenvalue weighted by Gasteiger charge is 2.54. The van der Waals surface area contributed by atoms with Crippen molar-refractivity contribution in [2.24, 2.45) is 29.1 Å². The molecule has 1 atom stereocenters. The summed E-state index contributed by atoms with van der Waals surface area (Å²) in [6.45, 7) is 2.23. The highest BCUT2D eigenvalue weighted by molar-refractivity contribution is 5.93. The van der Waals surface area contributed by atoms with Crippen molar-refractivity contribution in [3.63, 3.8) is 0 Å². The SMILES string of the molecule is O=C(Nc1ccccc1)[C@H]1CCCN(CC(=O)C23CC4CC(CC(C4)C2)C3)C1. The Labute approximate surface area is 168 Å². The van der Waals surface area contributed by atoms with Gasteiger partial charge in [-0.15, -0.1) is 0 Å². The Hall–Kier alpha value is -1.68. The van der Waals surface area contributed by atoms with Crippen LogP contribution in [-0.2, 0) is 9.59 Å². The molecule has 5 aliphatic rings. The van der Waals surface area contributed by atoms with Crippen LogP contribution in [0, 0.1) is 29.1 Å². The Balaban J connectivity index is 1.20. The summed E-state index contributed by atoms with van der Waals surface area (Å²) in [6, 6.07) is 9.68. The van der Waals surface area contributed by atoms with Crippen LogP contribution in [0.25, 0.3) is 0 Å². The van der Waals surface area contributed by atoms with Crippen molar-refractivity contribution < 1.29 is 9.59 Å². The van der Waals surface area contributed by atoms with Gasteiger partial charge in [-0.25, -0.2) is 0 Å². The molecule has 1 N–H and O–H groups in total. The third-order valence-corrected chi connectivity index (χ3v) is 7.91. The van der Waals surface area contributed by atoms with Gasteiger partial charge in [-0.1, -0.05) is 18.2 Å². The maximum Gasteiger partial charge on any atom is 0.228 e. The van der Waals surface area contributed by atoms with Gasteiger partial charge in [0.05, 0.1) is 12.5 Å². The van der Waals surface area contributed by atoms with Crippen LogP contribution in [0.1, 0.15) is 51.4 Å².